The smallest absolute Gasteiger partial charge is 0.239 e. The highest BCUT2D eigenvalue weighted by Gasteiger charge is 2.22. The number of aromatic nitrogens is 1. The van der Waals surface area contributed by atoms with Crippen LogP contribution in [0.25, 0.3) is 0 Å². The Kier molecular flexibility index (Phi) is 6.26. The van der Waals surface area contributed by atoms with E-state index in [1.165, 1.54) is 0 Å². The lowest BCUT2D eigenvalue weighted by Gasteiger charge is -2.35. The maximum absolute atomic E-state index is 12.1. The second-order valence-electron chi connectivity index (χ2n) is 6.49. The Bertz CT molecular complexity index is 744. The van der Waals surface area contributed by atoms with Gasteiger partial charge >= 0.3 is 0 Å². The molecule has 0 unspecified atom stereocenters. The highest BCUT2D eigenvalue weighted by atomic mass is 35.5. The highest BCUT2D eigenvalue weighted by Crippen LogP contribution is 2.23. The van der Waals surface area contributed by atoms with Gasteiger partial charge in [-0.2, -0.15) is 0 Å². The lowest BCUT2D eigenvalue weighted by Crippen LogP contribution is -2.49. The van der Waals surface area contributed by atoms with Crippen LogP contribution in [0.3, 0.4) is 0 Å². The van der Waals surface area contributed by atoms with E-state index in [4.69, 9.17) is 16.1 Å². The van der Waals surface area contributed by atoms with Gasteiger partial charge in [0.25, 0.3) is 0 Å². The van der Waals surface area contributed by atoms with Crippen molar-refractivity contribution in [3.63, 3.8) is 0 Å². The van der Waals surface area contributed by atoms with Gasteiger partial charge in [0.15, 0.2) is 5.82 Å². The number of carbonyl (C=O) groups is 1. The van der Waals surface area contributed by atoms with Gasteiger partial charge in [-0.15, -0.1) is 0 Å². The number of hydrogen-bond acceptors (Lipinski definition) is 6. The molecule has 0 aliphatic carbocycles. The van der Waals surface area contributed by atoms with Crippen molar-refractivity contribution in [2.75, 3.05) is 44.6 Å². The topological polar surface area (TPSA) is 81.8 Å². The second kappa shape index (κ2) is 8.64. The molecule has 1 amide bonds. The van der Waals surface area contributed by atoms with Gasteiger partial charge in [-0.05, 0) is 13.0 Å². The van der Waals surface area contributed by atoms with Crippen molar-refractivity contribution in [3.8, 4) is 0 Å². The van der Waals surface area contributed by atoms with Crippen LogP contribution in [0.15, 0.2) is 34.9 Å². The van der Waals surface area contributed by atoms with E-state index < -0.39 is 6.10 Å². The fourth-order valence-electron chi connectivity index (χ4n) is 3.03. The molecule has 26 heavy (non-hydrogen) atoms. The predicted octanol–water partition coefficient (Wildman–Crippen LogP) is 1.93. The molecule has 1 aromatic carbocycles. The molecule has 2 N–H and O–H groups in total. The van der Waals surface area contributed by atoms with E-state index in [0.717, 1.165) is 31.7 Å². The van der Waals surface area contributed by atoms with Gasteiger partial charge in [-0.25, -0.2) is 0 Å². The molecule has 2 heterocycles. The van der Waals surface area contributed by atoms with Crippen LogP contribution in [-0.2, 0) is 4.79 Å². The SMILES string of the molecule is Cc1cc(NC(=O)CN2CCN(C[C@H](O)c3ccccc3Cl)CC2)no1. The fraction of sp³-hybridized carbons (Fsp3) is 0.444. The summed E-state index contributed by atoms with van der Waals surface area (Å²) in [6.07, 6.45) is -0.617. The van der Waals surface area contributed by atoms with Crippen molar-refractivity contribution in [2.24, 2.45) is 0 Å². The molecule has 1 aliphatic heterocycles. The highest BCUT2D eigenvalue weighted by molar-refractivity contribution is 6.31. The molecule has 2 aromatic rings. The maximum atomic E-state index is 12.1. The number of carbonyl (C=O) groups excluding carboxylic acids is 1. The third kappa shape index (κ3) is 5.04. The van der Waals surface area contributed by atoms with Crippen LogP contribution in [0.4, 0.5) is 5.82 Å². The number of hydrogen-bond donors (Lipinski definition) is 2. The number of aryl methyl sites for hydroxylation is 1. The summed E-state index contributed by atoms with van der Waals surface area (Å²) in [6, 6.07) is 9.04. The summed E-state index contributed by atoms with van der Waals surface area (Å²) < 4.78 is 4.93. The molecular weight excluding hydrogens is 356 g/mol. The number of halogens is 1. The minimum absolute atomic E-state index is 0.108. The summed E-state index contributed by atoms with van der Waals surface area (Å²) in [5.41, 5.74) is 0.749. The largest absolute Gasteiger partial charge is 0.387 e. The Morgan fingerprint density at radius 1 is 1.31 bits per heavy atom. The number of anilines is 1. The molecule has 8 heteroatoms. The average Bonchev–Trinajstić information content (AvgIpc) is 3.01. The van der Waals surface area contributed by atoms with Crippen molar-refractivity contribution in [1.29, 1.82) is 0 Å². The van der Waals surface area contributed by atoms with E-state index in [9.17, 15) is 9.90 Å². The van der Waals surface area contributed by atoms with Crippen LogP contribution >= 0.6 is 11.6 Å². The Hall–Kier alpha value is -1.93. The van der Waals surface area contributed by atoms with Gasteiger partial charge in [-0.3, -0.25) is 14.6 Å². The minimum atomic E-state index is -0.617. The quantitative estimate of drug-likeness (QED) is 0.799. The minimum Gasteiger partial charge on any atom is -0.387 e. The second-order valence-corrected chi connectivity index (χ2v) is 6.89. The number of benzene rings is 1. The van der Waals surface area contributed by atoms with E-state index in [1.807, 2.05) is 18.2 Å². The summed E-state index contributed by atoms with van der Waals surface area (Å²) in [4.78, 5) is 16.3. The average molecular weight is 379 g/mol. The first-order valence-corrected chi connectivity index (χ1v) is 8.99. The van der Waals surface area contributed by atoms with Crippen LogP contribution in [0.1, 0.15) is 17.4 Å². The Morgan fingerprint density at radius 2 is 2.00 bits per heavy atom. The summed E-state index contributed by atoms with van der Waals surface area (Å²) in [5, 5.41) is 17.5. The molecular formula is C18H23ClN4O3. The molecule has 0 radical (unpaired) electrons. The number of aliphatic hydroxyl groups excluding tert-OH is 1. The Morgan fingerprint density at radius 3 is 2.65 bits per heavy atom. The number of β-amino-alcohol motifs (C(OH)–C–C–N with tert-alkyl or cyclic N) is 1. The van der Waals surface area contributed by atoms with Crippen LogP contribution < -0.4 is 5.32 Å². The molecule has 1 atom stereocenters. The molecule has 1 aromatic heterocycles. The van der Waals surface area contributed by atoms with Crippen LogP contribution in [0.5, 0.6) is 0 Å². The monoisotopic (exact) mass is 378 g/mol. The first-order chi connectivity index (χ1) is 12.5. The van der Waals surface area contributed by atoms with Crippen LogP contribution in [0.2, 0.25) is 5.02 Å². The van der Waals surface area contributed by atoms with Gasteiger partial charge in [0.05, 0.1) is 12.6 Å². The Labute approximate surface area is 157 Å². The number of rotatable bonds is 6. The number of piperazine rings is 1. The van der Waals surface area contributed by atoms with Gasteiger partial charge in [0, 0.05) is 49.4 Å². The molecule has 0 spiro atoms. The summed E-state index contributed by atoms with van der Waals surface area (Å²) >= 11 is 6.14. The molecule has 7 nitrogen and oxygen atoms in total. The first-order valence-electron chi connectivity index (χ1n) is 8.61. The zero-order chi connectivity index (χ0) is 18.5. The van der Waals surface area contributed by atoms with E-state index in [0.29, 0.717) is 29.7 Å². The van der Waals surface area contributed by atoms with Gasteiger partial charge in [0.1, 0.15) is 5.76 Å². The summed E-state index contributed by atoms with van der Waals surface area (Å²) in [7, 11) is 0. The summed E-state index contributed by atoms with van der Waals surface area (Å²) in [5.74, 6) is 0.989. The van der Waals surface area contributed by atoms with Crippen LogP contribution in [0, 0.1) is 6.92 Å². The molecule has 1 saturated heterocycles. The molecule has 140 valence electrons. The van der Waals surface area contributed by atoms with Crippen molar-refractivity contribution < 1.29 is 14.4 Å². The maximum Gasteiger partial charge on any atom is 0.239 e. The zero-order valence-corrected chi connectivity index (χ0v) is 15.4. The first kappa shape index (κ1) is 18.8. The lowest BCUT2D eigenvalue weighted by molar-refractivity contribution is -0.117. The van der Waals surface area contributed by atoms with Crippen LogP contribution in [-0.4, -0.2) is 65.2 Å². The van der Waals surface area contributed by atoms with Crippen molar-refractivity contribution in [1.82, 2.24) is 15.0 Å². The van der Waals surface area contributed by atoms with Crippen molar-refractivity contribution >= 4 is 23.3 Å². The molecule has 1 fully saturated rings. The van der Waals surface area contributed by atoms with Gasteiger partial charge < -0.3 is 14.9 Å². The lowest BCUT2D eigenvalue weighted by atomic mass is 10.1. The molecule has 1 aliphatic rings. The predicted molar refractivity (Wildman–Crippen MR) is 99.2 cm³/mol. The number of amides is 1. The Balaban J connectivity index is 1.42. The fourth-order valence-corrected chi connectivity index (χ4v) is 3.29. The van der Waals surface area contributed by atoms with E-state index in [2.05, 4.69) is 20.3 Å². The standard InChI is InChI=1S/C18H23ClN4O3/c1-13-10-17(21-26-13)20-18(25)12-23-8-6-22(7-9-23)11-16(24)14-4-2-3-5-15(14)19/h2-5,10,16,24H,6-9,11-12H2,1H3,(H,20,21,25)/t16-/m0/s1. The van der Waals surface area contributed by atoms with E-state index >= 15 is 0 Å². The summed E-state index contributed by atoms with van der Waals surface area (Å²) in [6.45, 7) is 5.73. The third-order valence-electron chi connectivity index (χ3n) is 4.42. The van der Waals surface area contributed by atoms with Crippen molar-refractivity contribution in [3.05, 3.63) is 46.7 Å². The van der Waals surface area contributed by atoms with Crippen molar-refractivity contribution in [2.45, 2.75) is 13.0 Å². The zero-order valence-electron chi connectivity index (χ0n) is 14.7. The molecule has 0 saturated carbocycles. The number of nitrogens with one attached hydrogen (secondary N) is 1. The third-order valence-corrected chi connectivity index (χ3v) is 4.77. The van der Waals surface area contributed by atoms with Gasteiger partial charge in [-0.1, -0.05) is 35.0 Å². The number of nitrogens with zero attached hydrogens (tertiary/aromatic N) is 3. The molecule has 3 rings (SSSR count). The molecule has 0 bridgehead atoms. The van der Waals surface area contributed by atoms with E-state index in [1.54, 1.807) is 19.1 Å². The number of aliphatic hydroxyl groups is 1. The van der Waals surface area contributed by atoms with Gasteiger partial charge in [0.2, 0.25) is 5.91 Å². The van der Waals surface area contributed by atoms with E-state index in [-0.39, 0.29) is 5.91 Å². The normalized spacial score (nSPS) is 17.2.